The summed E-state index contributed by atoms with van der Waals surface area (Å²) in [6, 6.07) is 0. The van der Waals surface area contributed by atoms with Crippen LogP contribution < -0.4 is 69.3 Å². The van der Waals surface area contributed by atoms with Crippen molar-refractivity contribution in [3.05, 3.63) is 12.2 Å². The minimum atomic E-state index is -0.968. The van der Waals surface area contributed by atoms with E-state index in [4.69, 9.17) is 0 Å². The number of unbranched alkanes of at least 4 members (excludes halogenated alkanes) is 7. The molecule has 27 heavy (non-hydrogen) atoms. The van der Waals surface area contributed by atoms with Crippen molar-refractivity contribution in [2.24, 2.45) is 17.8 Å². The summed E-state index contributed by atoms with van der Waals surface area (Å²) >= 11 is 0. The van der Waals surface area contributed by atoms with E-state index in [2.05, 4.69) is 19.1 Å². The molecule has 4 nitrogen and oxygen atoms in total. The van der Waals surface area contributed by atoms with Crippen molar-refractivity contribution in [1.29, 1.82) is 0 Å². The summed E-state index contributed by atoms with van der Waals surface area (Å²) < 4.78 is 0. The van der Waals surface area contributed by atoms with Gasteiger partial charge in [0.15, 0.2) is 0 Å². The molecule has 144 valence electrons. The monoisotopic (exact) mass is 396 g/mol. The summed E-state index contributed by atoms with van der Waals surface area (Å²) in [4.78, 5) is 21.8. The summed E-state index contributed by atoms with van der Waals surface area (Å²) in [5.74, 6) is -1.71. The van der Waals surface area contributed by atoms with Gasteiger partial charge in [-0.2, -0.15) is 0 Å². The number of carboxylic acid groups (broad SMARTS) is 2. The zero-order chi connectivity index (χ0) is 18.5. The molecular weight excluding hydrogens is 362 g/mol. The molecule has 0 heterocycles. The number of allylic oxidation sites excluding steroid dienone is 2. The van der Waals surface area contributed by atoms with Crippen LogP contribution in [-0.2, 0) is 9.59 Å². The van der Waals surface area contributed by atoms with Gasteiger partial charge in [-0.25, -0.2) is 0 Å². The second-order valence-corrected chi connectivity index (χ2v) is 7.50. The van der Waals surface area contributed by atoms with Crippen molar-refractivity contribution in [3.8, 4) is 0 Å². The van der Waals surface area contributed by atoms with E-state index < -0.39 is 11.9 Å². The van der Waals surface area contributed by atoms with Gasteiger partial charge in [-0.15, -0.1) is 0 Å². The molecule has 0 amide bonds. The van der Waals surface area contributed by atoms with E-state index in [0.29, 0.717) is 18.8 Å². The first-order valence-electron chi connectivity index (χ1n) is 10.1. The van der Waals surface area contributed by atoms with Gasteiger partial charge in [-0.1, -0.05) is 70.4 Å². The van der Waals surface area contributed by atoms with Crippen molar-refractivity contribution < 1.29 is 78.9 Å². The summed E-state index contributed by atoms with van der Waals surface area (Å²) in [5, 5.41) is 21.8. The Kier molecular flexibility index (Phi) is 20.7. The Balaban J connectivity index is 0. The van der Waals surface area contributed by atoms with Gasteiger partial charge in [-0.3, -0.25) is 0 Å². The van der Waals surface area contributed by atoms with Crippen LogP contribution in [-0.4, -0.2) is 11.9 Å². The first-order chi connectivity index (χ1) is 12.0. The van der Waals surface area contributed by atoms with Gasteiger partial charge in [0.05, 0.1) is 0 Å². The third-order valence-electron chi connectivity index (χ3n) is 5.35. The molecule has 0 aliphatic heterocycles. The average molecular weight is 396 g/mol. The summed E-state index contributed by atoms with van der Waals surface area (Å²) in [5.41, 5.74) is 0. The fourth-order valence-electron chi connectivity index (χ4n) is 3.81. The summed E-state index contributed by atoms with van der Waals surface area (Å²) in [7, 11) is 0. The van der Waals surface area contributed by atoms with Crippen LogP contribution >= 0.6 is 0 Å². The van der Waals surface area contributed by atoms with E-state index in [1.807, 2.05) is 0 Å². The fourth-order valence-corrected chi connectivity index (χ4v) is 3.81. The van der Waals surface area contributed by atoms with Crippen LogP contribution in [0.1, 0.15) is 90.4 Å². The fraction of sp³-hybridized carbons (Fsp3) is 0.810. The summed E-state index contributed by atoms with van der Waals surface area (Å²) in [6.45, 7) is 2.18. The van der Waals surface area contributed by atoms with E-state index in [1.54, 1.807) is 0 Å². The molecule has 1 rings (SSSR count). The van der Waals surface area contributed by atoms with Crippen LogP contribution in [0.3, 0.4) is 0 Å². The molecule has 0 N–H and O–H groups in total. The van der Waals surface area contributed by atoms with Gasteiger partial charge in [0.2, 0.25) is 0 Å². The van der Waals surface area contributed by atoms with Crippen molar-refractivity contribution in [2.45, 2.75) is 90.4 Å². The Labute approximate surface area is 209 Å². The Morgan fingerprint density at radius 3 is 2.07 bits per heavy atom. The predicted molar refractivity (Wildman–Crippen MR) is 95.3 cm³/mol. The van der Waals surface area contributed by atoms with Gasteiger partial charge in [0.25, 0.3) is 0 Å². The summed E-state index contributed by atoms with van der Waals surface area (Å²) in [6.07, 6.45) is 16.7. The normalized spacial score (nSPS) is 21.1. The maximum Gasteiger partial charge on any atom is 1.00 e. The molecule has 0 aromatic carbocycles. The van der Waals surface area contributed by atoms with Gasteiger partial charge in [0, 0.05) is 17.9 Å². The molecule has 0 bridgehead atoms. The van der Waals surface area contributed by atoms with Crippen LogP contribution in [0.25, 0.3) is 0 Å². The van der Waals surface area contributed by atoms with Crippen molar-refractivity contribution >= 4 is 11.9 Å². The second kappa shape index (κ2) is 18.7. The Bertz CT molecular complexity index is 426. The number of aliphatic carboxylic acids is 2. The molecule has 0 aromatic heterocycles. The van der Waals surface area contributed by atoms with Gasteiger partial charge < -0.3 is 19.8 Å². The molecular formula is C21H34Na2O4. The molecule has 0 aromatic rings. The number of hydrogen-bond donors (Lipinski definition) is 0. The van der Waals surface area contributed by atoms with E-state index in [9.17, 15) is 19.8 Å². The van der Waals surface area contributed by atoms with Gasteiger partial charge in [0.1, 0.15) is 0 Å². The largest absolute Gasteiger partial charge is 1.00 e. The quantitative estimate of drug-likeness (QED) is 0.178. The zero-order valence-corrected chi connectivity index (χ0v) is 21.7. The predicted octanol–water partition coefficient (Wildman–Crippen LogP) is -3.00. The number of rotatable bonds is 14. The topological polar surface area (TPSA) is 80.3 Å². The average Bonchev–Trinajstić information content (AvgIpc) is 2.58. The van der Waals surface area contributed by atoms with Crippen LogP contribution in [0.5, 0.6) is 0 Å². The van der Waals surface area contributed by atoms with E-state index in [1.165, 1.54) is 19.3 Å². The smallest absolute Gasteiger partial charge is 0.550 e. The number of carbonyl (C=O) groups excluding carboxylic acids is 2. The molecule has 3 atom stereocenters. The SMILES string of the molecule is CCCCCCC1C=CC(CCCCCCCC(=O)[O-])CC1C(=O)[O-].[Na+].[Na+]. The number of carbonyl (C=O) groups is 2. The van der Waals surface area contributed by atoms with Crippen molar-refractivity contribution in [2.75, 3.05) is 0 Å². The first-order valence-corrected chi connectivity index (χ1v) is 10.1. The minimum absolute atomic E-state index is 0. The molecule has 1 aliphatic rings. The third kappa shape index (κ3) is 14.3. The van der Waals surface area contributed by atoms with E-state index in [-0.39, 0.29) is 77.4 Å². The Morgan fingerprint density at radius 1 is 0.852 bits per heavy atom. The van der Waals surface area contributed by atoms with Crippen molar-refractivity contribution in [3.63, 3.8) is 0 Å². The molecule has 0 spiro atoms. The second-order valence-electron chi connectivity index (χ2n) is 7.50. The number of hydrogen-bond acceptors (Lipinski definition) is 4. The molecule has 0 saturated heterocycles. The van der Waals surface area contributed by atoms with Crippen molar-refractivity contribution in [1.82, 2.24) is 0 Å². The zero-order valence-electron chi connectivity index (χ0n) is 17.7. The molecule has 0 saturated carbocycles. The number of carboxylic acids is 2. The van der Waals surface area contributed by atoms with Crippen LogP contribution in [0.2, 0.25) is 0 Å². The van der Waals surface area contributed by atoms with Crippen LogP contribution in [0, 0.1) is 17.8 Å². The minimum Gasteiger partial charge on any atom is -0.550 e. The van der Waals surface area contributed by atoms with Crippen LogP contribution in [0.4, 0.5) is 0 Å². The Morgan fingerprint density at radius 2 is 1.44 bits per heavy atom. The molecule has 0 fully saturated rings. The third-order valence-corrected chi connectivity index (χ3v) is 5.35. The maximum absolute atomic E-state index is 11.5. The maximum atomic E-state index is 11.5. The first kappa shape index (κ1) is 29.9. The Hall–Kier alpha value is 0.680. The molecule has 0 radical (unpaired) electrons. The van der Waals surface area contributed by atoms with E-state index >= 15 is 0 Å². The van der Waals surface area contributed by atoms with Crippen LogP contribution in [0.15, 0.2) is 12.2 Å². The molecule has 1 aliphatic carbocycles. The molecule has 6 heteroatoms. The van der Waals surface area contributed by atoms with E-state index in [0.717, 1.165) is 44.9 Å². The van der Waals surface area contributed by atoms with Gasteiger partial charge in [-0.05, 0) is 43.9 Å². The standard InChI is InChI=1S/C21H36O4.2Na/c1-2-3-4-9-12-18-15-14-17(16-19(18)21(24)25)11-8-6-5-7-10-13-20(22)23;;/h14-15,17-19H,2-13,16H2,1H3,(H,22,23)(H,24,25);;/q;2*+1/p-2. The van der Waals surface area contributed by atoms with Gasteiger partial charge >= 0.3 is 59.1 Å². The molecule has 3 unspecified atom stereocenters.